The maximum atomic E-state index is 4.68. The maximum absolute atomic E-state index is 4.68. The van der Waals surface area contributed by atoms with E-state index in [1.165, 1.54) is 0 Å². The van der Waals surface area contributed by atoms with Crippen molar-refractivity contribution in [3.05, 3.63) is 71.8 Å². The number of benzene rings is 2. The zero-order chi connectivity index (χ0) is 18.8. The fraction of sp³-hybridized carbons (Fsp3) is 0.364. The molecule has 0 saturated carbocycles. The highest BCUT2D eigenvalue weighted by molar-refractivity contribution is 6.03. The van der Waals surface area contributed by atoms with E-state index in [9.17, 15) is 0 Å². The second-order valence-electron chi connectivity index (χ2n) is 6.93. The van der Waals surface area contributed by atoms with Crippen molar-refractivity contribution in [3.8, 4) is 0 Å². The Kier molecular flexibility index (Phi) is 10.6. The molecule has 27 heavy (non-hydrogen) atoms. The molecule has 2 aromatic rings. The van der Waals surface area contributed by atoms with Crippen LogP contribution in [0, 0.1) is 0 Å². The molecular formula is C22H31ClN4. The van der Waals surface area contributed by atoms with E-state index >= 15 is 0 Å². The first-order valence-corrected chi connectivity index (χ1v) is 9.10. The van der Waals surface area contributed by atoms with Crippen LogP contribution in [0.25, 0.3) is 0 Å². The van der Waals surface area contributed by atoms with Crippen LogP contribution in [0.1, 0.15) is 24.0 Å². The summed E-state index contributed by atoms with van der Waals surface area (Å²) in [6, 6.07) is 20.7. The smallest absolute Gasteiger partial charge is 0.0715 e. The molecule has 0 N–H and O–H groups in total. The quantitative estimate of drug-likeness (QED) is 0.477. The Hall–Kier alpha value is -2.01. The molecule has 2 rings (SSSR count). The SMILES string of the molecule is CN(C)CC/C(=N/N=C(\CCN(C)C)c1ccccc1)c1ccccc1.Cl. The molecule has 0 aliphatic rings. The van der Waals surface area contributed by atoms with Gasteiger partial charge in [0.1, 0.15) is 0 Å². The Bertz CT molecular complexity index is 646. The van der Waals surface area contributed by atoms with E-state index in [0.29, 0.717) is 0 Å². The van der Waals surface area contributed by atoms with E-state index in [2.05, 4.69) is 72.5 Å². The molecule has 0 aliphatic heterocycles. The topological polar surface area (TPSA) is 31.2 Å². The normalized spacial score (nSPS) is 12.4. The summed E-state index contributed by atoms with van der Waals surface area (Å²) in [6.07, 6.45) is 1.74. The van der Waals surface area contributed by atoms with E-state index in [-0.39, 0.29) is 12.4 Å². The number of nitrogens with zero attached hydrogens (tertiary/aromatic N) is 4. The summed E-state index contributed by atoms with van der Waals surface area (Å²) < 4.78 is 0. The van der Waals surface area contributed by atoms with Crippen LogP contribution in [0.3, 0.4) is 0 Å². The summed E-state index contributed by atoms with van der Waals surface area (Å²) in [6.45, 7) is 1.89. The van der Waals surface area contributed by atoms with Crippen LogP contribution in [0.2, 0.25) is 0 Å². The van der Waals surface area contributed by atoms with Crippen molar-refractivity contribution in [2.75, 3.05) is 41.3 Å². The van der Waals surface area contributed by atoms with E-state index in [0.717, 1.165) is 48.5 Å². The van der Waals surface area contributed by atoms with Crippen molar-refractivity contribution < 1.29 is 0 Å². The Balaban J connectivity index is 0.00000364. The molecule has 0 aromatic heterocycles. The second-order valence-corrected chi connectivity index (χ2v) is 6.93. The lowest BCUT2D eigenvalue weighted by Gasteiger charge is -2.12. The molecule has 2 aromatic carbocycles. The first-order valence-electron chi connectivity index (χ1n) is 9.10. The zero-order valence-corrected chi connectivity index (χ0v) is 17.6. The summed E-state index contributed by atoms with van der Waals surface area (Å²) in [7, 11) is 8.33. The average molecular weight is 387 g/mol. The third kappa shape index (κ3) is 8.48. The Morgan fingerprint density at radius 3 is 1.26 bits per heavy atom. The first-order chi connectivity index (χ1) is 12.6. The molecule has 5 heteroatoms. The minimum atomic E-state index is 0. The Labute approximate surface area is 170 Å². The Morgan fingerprint density at radius 1 is 0.630 bits per heavy atom. The van der Waals surface area contributed by atoms with Gasteiger partial charge >= 0.3 is 0 Å². The summed E-state index contributed by atoms with van der Waals surface area (Å²) in [5.74, 6) is 0. The lowest BCUT2D eigenvalue weighted by Crippen LogP contribution is -2.18. The highest BCUT2D eigenvalue weighted by Crippen LogP contribution is 2.09. The highest BCUT2D eigenvalue weighted by atomic mass is 35.5. The van der Waals surface area contributed by atoms with Crippen LogP contribution in [0.4, 0.5) is 0 Å². The number of hydrogen-bond donors (Lipinski definition) is 0. The van der Waals surface area contributed by atoms with Crippen LogP contribution in [0.5, 0.6) is 0 Å². The van der Waals surface area contributed by atoms with Gasteiger partial charge in [0.05, 0.1) is 11.4 Å². The van der Waals surface area contributed by atoms with Gasteiger partial charge in [-0.3, -0.25) is 0 Å². The van der Waals surface area contributed by atoms with Gasteiger partial charge in [0, 0.05) is 25.9 Å². The van der Waals surface area contributed by atoms with Crippen molar-refractivity contribution in [3.63, 3.8) is 0 Å². The largest absolute Gasteiger partial charge is 0.309 e. The summed E-state index contributed by atoms with van der Waals surface area (Å²) in [5.41, 5.74) is 4.33. The van der Waals surface area contributed by atoms with Gasteiger partial charge < -0.3 is 9.80 Å². The van der Waals surface area contributed by atoms with Gasteiger partial charge in [-0.15, -0.1) is 12.4 Å². The average Bonchev–Trinajstić information content (AvgIpc) is 2.65. The minimum Gasteiger partial charge on any atom is -0.309 e. The van der Waals surface area contributed by atoms with Crippen molar-refractivity contribution in [2.24, 2.45) is 10.2 Å². The fourth-order valence-corrected chi connectivity index (χ4v) is 2.54. The van der Waals surface area contributed by atoms with Crippen molar-refractivity contribution in [2.45, 2.75) is 12.8 Å². The van der Waals surface area contributed by atoms with Crippen LogP contribution >= 0.6 is 12.4 Å². The van der Waals surface area contributed by atoms with Crippen molar-refractivity contribution in [1.82, 2.24) is 9.80 Å². The minimum absolute atomic E-state index is 0. The standard InChI is InChI=1S/C22H30N4.ClH/c1-25(2)17-15-21(19-11-7-5-8-12-19)23-24-22(16-18-26(3)4)20-13-9-6-10-14-20;/h5-14H,15-18H2,1-4H3;1H/b23-21-,24-22+;. The highest BCUT2D eigenvalue weighted by Gasteiger charge is 2.07. The maximum Gasteiger partial charge on any atom is 0.0715 e. The van der Waals surface area contributed by atoms with Gasteiger partial charge in [0.2, 0.25) is 0 Å². The number of rotatable bonds is 9. The monoisotopic (exact) mass is 386 g/mol. The molecule has 0 spiro atoms. The lowest BCUT2D eigenvalue weighted by molar-refractivity contribution is 0.421. The van der Waals surface area contributed by atoms with Gasteiger partial charge in [0.25, 0.3) is 0 Å². The molecule has 0 heterocycles. The van der Waals surface area contributed by atoms with E-state index in [1.54, 1.807) is 0 Å². The van der Waals surface area contributed by atoms with E-state index in [1.807, 2.05) is 36.4 Å². The van der Waals surface area contributed by atoms with Gasteiger partial charge in [-0.05, 0) is 39.3 Å². The van der Waals surface area contributed by atoms with Crippen LogP contribution in [-0.2, 0) is 0 Å². The molecular weight excluding hydrogens is 356 g/mol. The van der Waals surface area contributed by atoms with Crippen LogP contribution in [0.15, 0.2) is 70.9 Å². The molecule has 0 fully saturated rings. The predicted molar refractivity (Wildman–Crippen MR) is 120 cm³/mol. The van der Waals surface area contributed by atoms with Crippen molar-refractivity contribution in [1.29, 1.82) is 0 Å². The molecule has 0 atom stereocenters. The summed E-state index contributed by atoms with van der Waals surface area (Å²) >= 11 is 0. The Morgan fingerprint density at radius 2 is 0.963 bits per heavy atom. The zero-order valence-electron chi connectivity index (χ0n) is 16.8. The van der Waals surface area contributed by atoms with Crippen molar-refractivity contribution >= 4 is 23.8 Å². The van der Waals surface area contributed by atoms with Crippen LogP contribution < -0.4 is 0 Å². The van der Waals surface area contributed by atoms with Gasteiger partial charge in [-0.2, -0.15) is 10.2 Å². The van der Waals surface area contributed by atoms with E-state index < -0.39 is 0 Å². The molecule has 0 unspecified atom stereocenters. The molecule has 0 saturated heterocycles. The molecule has 0 amide bonds. The second kappa shape index (κ2) is 12.4. The van der Waals surface area contributed by atoms with Gasteiger partial charge in [0.15, 0.2) is 0 Å². The third-order valence-electron chi connectivity index (χ3n) is 4.10. The lowest BCUT2D eigenvalue weighted by atomic mass is 10.1. The molecule has 0 radical (unpaired) electrons. The summed E-state index contributed by atoms with van der Waals surface area (Å²) in [4.78, 5) is 4.35. The molecule has 0 bridgehead atoms. The van der Waals surface area contributed by atoms with E-state index in [4.69, 9.17) is 0 Å². The molecule has 146 valence electrons. The number of hydrogen-bond acceptors (Lipinski definition) is 4. The molecule has 0 aliphatic carbocycles. The first kappa shape index (κ1) is 23.0. The van der Waals surface area contributed by atoms with Gasteiger partial charge in [-0.1, -0.05) is 60.7 Å². The summed E-state index contributed by atoms with van der Waals surface area (Å²) in [5, 5.41) is 9.36. The number of halogens is 1. The predicted octanol–water partition coefficient (Wildman–Crippen LogP) is 4.21. The van der Waals surface area contributed by atoms with Gasteiger partial charge in [-0.25, -0.2) is 0 Å². The molecule has 4 nitrogen and oxygen atoms in total. The third-order valence-corrected chi connectivity index (χ3v) is 4.10. The fourth-order valence-electron chi connectivity index (χ4n) is 2.54. The van der Waals surface area contributed by atoms with Crippen LogP contribution in [-0.4, -0.2) is 62.5 Å².